The Balaban J connectivity index is 1.56. The maximum absolute atomic E-state index is 12.0. The van der Waals surface area contributed by atoms with Gasteiger partial charge >= 0.3 is 0 Å². The monoisotopic (exact) mass is 340 g/mol. The number of fused-ring (bicyclic) bond motifs is 1. The lowest BCUT2D eigenvalue weighted by Gasteiger charge is -2.12. The number of hydrogen-bond donors (Lipinski definition) is 1. The first-order chi connectivity index (χ1) is 11.5. The summed E-state index contributed by atoms with van der Waals surface area (Å²) in [6.45, 7) is 6.47. The second kappa shape index (κ2) is 7.01. The molecule has 0 bridgehead atoms. The number of aromatic nitrogens is 1. The molecule has 2 aromatic carbocycles. The van der Waals surface area contributed by atoms with Crippen molar-refractivity contribution in [3.05, 3.63) is 58.1 Å². The quantitative estimate of drug-likeness (QED) is 0.766. The van der Waals surface area contributed by atoms with Gasteiger partial charge in [0.15, 0.2) is 6.61 Å². The predicted octanol–water partition coefficient (Wildman–Crippen LogP) is 3.92. The maximum Gasteiger partial charge on any atom is 0.258 e. The molecule has 0 spiro atoms. The van der Waals surface area contributed by atoms with E-state index in [0.717, 1.165) is 32.1 Å². The van der Waals surface area contributed by atoms with E-state index in [-0.39, 0.29) is 12.5 Å². The number of para-hydroxylation sites is 1. The van der Waals surface area contributed by atoms with Crippen molar-refractivity contribution >= 4 is 27.5 Å². The first-order valence-corrected chi connectivity index (χ1v) is 8.66. The highest BCUT2D eigenvalue weighted by molar-refractivity contribution is 7.18. The van der Waals surface area contributed by atoms with Crippen molar-refractivity contribution < 1.29 is 9.53 Å². The van der Waals surface area contributed by atoms with Crippen LogP contribution in [0.3, 0.4) is 0 Å². The number of aryl methyl sites for hydroxylation is 3. The number of rotatable bonds is 5. The fraction of sp³-hybridized carbons (Fsp3) is 0.263. The number of nitrogens with zero attached hydrogens (tertiary/aromatic N) is 1. The molecule has 0 saturated heterocycles. The molecule has 5 heteroatoms. The van der Waals surface area contributed by atoms with Crippen molar-refractivity contribution in [2.24, 2.45) is 0 Å². The molecule has 0 aliphatic heterocycles. The van der Waals surface area contributed by atoms with Gasteiger partial charge in [-0.05, 0) is 44.0 Å². The number of hydrogen-bond acceptors (Lipinski definition) is 4. The number of carbonyl (C=O) groups excluding carboxylic acids is 1. The van der Waals surface area contributed by atoms with E-state index in [1.54, 1.807) is 11.3 Å². The molecule has 3 rings (SSSR count). The van der Waals surface area contributed by atoms with E-state index in [0.29, 0.717) is 6.54 Å². The van der Waals surface area contributed by atoms with Crippen LogP contribution in [0.15, 0.2) is 36.4 Å². The lowest BCUT2D eigenvalue weighted by Crippen LogP contribution is -2.28. The van der Waals surface area contributed by atoms with Crippen LogP contribution >= 0.6 is 11.3 Å². The Morgan fingerprint density at radius 1 is 1.17 bits per heavy atom. The number of nitrogens with one attached hydrogen (secondary N) is 1. The van der Waals surface area contributed by atoms with Gasteiger partial charge in [-0.15, -0.1) is 11.3 Å². The van der Waals surface area contributed by atoms with E-state index in [9.17, 15) is 4.79 Å². The van der Waals surface area contributed by atoms with Gasteiger partial charge in [0.1, 0.15) is 10.8 Å². The molecule has 4 nitrogen and oxygen atoms in total. The largest absolute Gasteiger partial charge is 0.483 e. The summed E-state index contributed by atoms with van der Waals surface area (Å²) < 4.78 is 6.83. The topological polar surface area (TPSA) is 51.2 Å². The zero-order valence-corrected chi connectivity index (χ0v) is 14.9. The summed E-state index contributed by atoms with van der Waals surface area (Å²) in [4.78, 5) is 16.5. The van der Waals surface area contributed by atoms with E-state index in [4.69, 9.17) is 4.74 Å². The Morgan fingerprint density at radius 3 is 2.58 bits per heavy atom. The van der Waals surface area contributed by atoms with Gasteiger partial charge in [-0.1, -0.05) is 29.8 Å². The molecule has 0 atom stereocenters. The average Bonchev–Trinajstić information content (AvgIpc) is 2.94. The summed E-state index contributed by atoms with van der Waals surface area (Å²) >= 11 is 1.59. The van der Waals surface area contributed by atoms with Crippen LogP contribution in [0.5, 0.6) is 5.75 Å². The van der Waals surface area contributed by atoms with Gasteiger partial charge < -0.3 is 10.1 Å². The molecule has 0 aliphatic rings. The molecule has 1 heterocycles. The molecular weight excluding hydrogens is 320 g/mol. The van der Waals surface area contributed by atoms with Crippen LogP contribution < -0.4 is 10.1 Å². The summed E-state index contributed by atoms with van der Waals surface area (Å²) in [5, 5.41) is 3.76. The Kier molecular flexibility index (Phi) is 4.81. The molecule has 24 heavy (non-hydrogen) atoms. The van der Waals surface area contributed by atoms with Gasteiger partial charge in [0, 0.05) is 0 Å². The predicted molar refractivity (Wildman–Crippen MR) is 97.6 cm³/mol. The summed E-state index contributed by atoms with van der Waals surface area (Å²) in [5.74, 6) is 0.643. The minimum Gasteiger partial charge on any atom is -0.483 e. The second-order valence-electron chi connectivity index (χ2n) is 5.87. The van der Waals surface area contributed by atoms with E-state index in [1.807, 2.05) is 38.1 Å². The number of ether oxygens (including phenoxy) is 1. The molecule has 0 fully saturated rings. The number of benzene rings is 2. The van der Waals surface area contributed by atoms with Crippen LogP contribution in [0.4, 0.5) is 0 Å². The standard InChI is InChI=1S/C19H20N2O2S/c1-12-8-13(2)19(14(3)9-12)23-11-17(22)20-10-18-21-15-6-4-5-7-16(15)24-18/h4-9H,10-11H2,1-3H3,(H,20,22). The van der Waals surface area contributed by atoms with E-state index < -0.39 is 0 Å². The first-order valence-electron chi connectivity index (χ1n) is 7.85. The van der Waals surface area contributed by atoms with Crippen LogP contribution in [0.2, 0.25) is 0 Å². The normalized spacial score (nSPS) is 10.8. The molecule has 0 aliphatic carbocycles. The van der Waals surface area contributed by atoms with Crippen molar-refractivity contribution in [1.29, 1.82) is 0 Å². The summed E-state index contributed by atoms with van der Waals surface area (Å²) in [6.07, 6.45) is 0. The molecule has 0 unspecified atom stereocenters. The lowest BCUT2D eigenvalue weighted by molar-refractivity contribution is -0.123. The minimum absolute atomic E-state index is 0.00956. The van der Waals surface area contributed by atoms with E-state index in [2.05, 4.69) is 29.4 Å². The molecule has 0 saturated carbocycles. The molecule has 124 valence electrons. The van der Waals surface area contributed by atoms with Gasteiger partial charge in [0.05, 0.1) is 16.8 Å². The third-order valence-electron chi connectivity index (χ3n) is 3.73. The van der Waals surface area contributed by atoms with Gasteiger partial charge in [-0.2, -0.15) is 0 Å². The third-order valence-corrected chi connectivity index (χ3v) is 4.76. The van der Waals surface area contributed by atoms with Crippen LogP contribution in [-0.4, -0.2) is 17.5 Å². The fourth-order valence-corrected chi connectivity index (χ4v) is 3.66. The van der Waals surface area contributed by atoms with Crippen molar-refractivity contribution in [3.63, 3.8) is 0 Å². The summed E-state index contributed by atoms with van der Waals surface area (Å²) in [6, 6.07) is 12.1. The van der Waals surface area contributed by atoms with E-state index in [1.165, 1.54) is 5.56 Å². The SMILES string of the molecule is Cc1cc(C)c(OCC(=O)NCc2nc3ccccc3s2)c(C)c1. The van der Waals surface area contributed by atoms with Gasteiger partial charge in [-0.25, -0.2) is 4.98 Å². The van der Waals surface area contributed by atoms with Crippen LogP contribution in [0, 0.1) is 20.8 Å². The molecule has 1 N–H and O–H groups in total. The molecule has 3 aromatic rings. The molecule has 1 aromatic heterocycles. The zero-order valence-electron chi connectivity index (χ0n) is 14.1. The Labute approximate surface area is 145 Å². The highest BCUT2D eigenvalue weighted by Crippen LogP contribution is 2.24. The van der Waals surface area contributed by atoms with Crippen LogP contribution in [-0.2, 0) is 11.3 Å². The van der Waals surface area contributed by atoms with Crippen molar-refractivity contribution in [2.75, 3.05) is 6.61 Å². The summed E-state index contributed by atoms with van der Waals surface area (Å²) in [7, 11) is 0. The van der Waals surface area contributed by atoms with Gasteiger partial charge in [0.25, 0.3) is 5.91 Å². The smallest absolute Gasteiger partial charge is 0.258 e. The Bertz CT molecular complexity index is 830. The third kappa shape index (κ3) is 3.74. The zero-order chi connectivity index (χ0) is 17.1. The van der Waals surface area contributed by atoms with Crippen molar-refractivity contribution in [1.82, 2.24) is 10.3 Å². The molecule has 0 radical (unpaired) electrons. The number of carbonyl (C=O) groups is 1. The number of thiazole rings is 1. The number of amides is 1. The summed E-state index contributed by atoms with van der Waals surface area (Å²) in [5.41, 5.74) is 4.25. The Morgan fingerprint density at radius 2 is 1.88 bits per heavy atom. The van der Waals surface area contributed by atoms with E-state index >= 15 is 0 Å². The lowest BCUT2D eigenvalue weighted by atomic mass is 10.1. The van der Waals surface area contributed by atoms with Crippen molar-refractivity contribution in [3.8, 4) is 5.75 Å². The first kappa shape index (κ1) is 16.5. The Hall–Kier alpha value is -2.40. The highest BCUT2D eigenvalue weighted by atomic mass is 32.1. The van der Waals surface area contributed by atoms with Crippen LogP contribution in [0.1, 0.15) is 21.7 Å². The maximum atomic E-state index is 12.0. The van der Waals surface area contributed by atoms with Crippen molar-refractivity contribution in [2.45, 2.75) is 27.3 Å². The van der Waals surface area contributed by atoms with Gasteiger partial charge in [0.2, 0.25) is 0 Å². The average molecular weight is 340 g/mol. The molecule has 1 amide bonds. The second-order valence-corrected chi connectivity index (χ2v) is 6.98. The molecular formula is C19H20N2O2S. The van der Waals surface area contributed by atoms with Gasteiger partial charge in [-0.3, -0.25) is 4.79 Å². The van der Waals surface area contributed by atoms with Crippen LogP contribution in [0.25, 0.3) is 10.2 Å². The minimum atomic E-state index is -0.145. The fourth-order valence-electron chi connectivity index (χ4n) is 2.75. The highest BCUT2D eigenvalue weighted by Gasteiger charge is 2.09.